The van der Waals surface area contributed by atoms with E-state index in [9.17, 15) is 0 Å². The highest BCUT2D eigenvalue weighted by atomic mass is 15.2. The molecule has 2 aromatic rings. The van der Waals surface area contributed by atoms with Crippen LogP contribution in [0.15, 0.2) is 42.5 Å². The maximum Gasteiger partial charge on any atom is 0.101 e. The minimum Gasteiger partial charge on any atom is -0.398 e. The fourth-order valence-electron chi connectivity index (χ4n) is 2.43. The summed E-state index contributed by atoms with van der Waals surface area (Å²) in [6, 6.07) is 16.1. The Morgan fingerprint density at radius 3 is 2.78 bits per heavy atom. The fourth-order valence-corrected chi connectivity index (χ4v) is 2.43. The molecule has 0 radical (unpaired) electrons. The van der Waals surface area contributed by atoms with Crippen molar-refractivity contribution >= 4 is 17.1 Å². The lowest BCUT2D eigenvalue weighted by Gasteiger charge is -2.20. The van der Waals surface area contributed by atoms with Gasteiger partial charge in [0.15, 0.2) is 0 Å². The van der Waals surface area contributed by atoms with E-state index >= 15 is 0 Å². The average Bonchev–Trinajstić information content (AvgIpc) is 2.82. The quantitative estimate of drug-likeness (QED) is 0.773. The molecule has 0 atom stereocenters. The third-order valence-electron chi connectivity index (χ3n) is 3.35. The molecule has 1 heterocycles. The van der Waals surface area contributed by atoms with E-state index in [0.29, 0.717) is 11.3 Å². The molecule has 88 valence electrons. The molecular weight excluding hydrogens is 222 g/mol. The van der Waals surface area contributed by atoms with Gasteiger partial charge in [-0.15, -0.1) is 0 Å². The second-order valence-corrected chi connectivity index (χ2v) is 4.41. The summed E-state index contributed by atoms with van der Waals surface area (Å²) in [6.07, 6.45) is 1.05. The smallest absolute Gasteiger partial charge is 0.101 e. The van der Waals surface area contributed by atoms with Crippen LogP contribution in [-0.2, 0) is 6.42 Å². The minimum absolute atomic E-state index is 0.534. The van der Waals surface area contributed by atoms with E-state index < -0.39 is 0 Å². The number of hydrogen-bond donors (Lipinski definition) is 1. The van der Waals surface area contributed by atoms with Gasteiger partial charge in [0.1, 0.15) is 6.07 Å². The highest BCUT2D eigenvalue weighted by molar-refractivity contribution is 5.73. The number of nitrogen functional groups attached to an aromatic ring is 1. The van der Waals surface area contributed by atoms with Gasteiger partial charge in [-0.3, -0.25) is 0 Å². The number of rotatable bonds is 1. The number of nitrogens with zero attached hydrogens (tertiary/aromatic N) is 2. The second kappa shape index (κ2) is 4.08. The molecule has 3 nitrogen and oxygen atoms in total. The van der Waals surface area contributed by atoms with Crippen LogP contribution in [0.3, 0.4) is 0 Å². The summed E-state index contributed by atoms with van der Waals surface area (Å²) >= 11 is 0. The Hall–Kier alpha value is -2.47. The Morgan fingerprint density at radius 1 is 1.17 bits per heavy atom. The molecule has 1 aliphatic heterocycles. The zero-order chi connectivity index (χ0) is 12.5. The monoisotopic (exact) mass is 235 g/mol. The Bertz CT molecular complexity index is 640. The SMILES string of the molecule is N#Cc1ccc(N2CCc3ccccc32)cc1N. The van der Waals surface area contributed by atoms with E-state index in [4.69, 9.17) is 11.0 Å². The van der Waals surface area contributed by atoms with Gasteiger partial charge in [-0.1, -0.05) is 18.2 Å². The lowest BCUT2D eigenvalue weighted by Crippen LogP contribution is -2.13. The zero-order valence-corrected chi connectivity index (χ0v) is 9.93. The molecular formula is C15H13N3. The van der Waals surface area contributed by atoms with Gasteiger partial charge in [0, 0.05) is 17.9 Å². The van der Waals surface area contributed by atoms with E-state index in [0.717, 1.165) is 18.7 Å². The summed E-state index contributed by atoms with van der Waals surface area (Å²) in [5.74, 6) is 0. The Kier molecular flexibility index (Phi) is 2.42. The molecule has 2 aromatic carbocycles. The first-order chi connectivity index (χ1) is 8.79. The van der Waals surface area contributed by atoms with E-state index in [-0.39, 0.29) is 0 Å². The van der Waals surface area contributed by atoms with Gasteiger partial charge < -0.3 is 10.6 Å². The van der Waals surface area contributed by atoms with Gasteiger partial charge in [0.2, 0.25) is 0 Å². The first-order valence-electron chi connectivity index (χ1n) is 5.94. The zero-order valence-electron chi connectivity index (χ0n) is 9.93. The lowest BCUT2D eigenvalue weighted by atomic mass is 10.1. The molecule has 0 spiro atoms. The Balaban J connectivity index is 2.03. The van der Waals surface area contributed by atoms with Crippen LogP contribution in [0.1, 0.15) is 11.1 Å². The number of nitrogens with two attached hydrogens (primary N) is 1. The van der Waals surface area contributed by atoms with Crippen LogP contribution < -0.4 is 10.6 Å². The van der Waals surface area contributed by atoms with Crippen LogP contribution >= 0.6 is 0 Å². The number of hydrogen-bond acceptors (Lipinski definition) is 3. The van der Waals surface area contributed by atoms with E-state index in [1.54, 1.807) is 6.07 Å². The third-order valence-corrected chi connectivity index (χ3v) is 3.35. The van der Waals surface area contributed by atoms with Crippen LogP contribution in [0.25, 0.3) is 0 Å². The third kappa shape index (κ3) is 1.59. The van der Waals surface area contributed by atoms with Crippen molar-refractivity contribution in [2.75, 3.05) is 17.2 Å². The molecule has 0 fully saturated rings. The Labute approximate surface area is 106 Å². The standard InChI is InChI=1S/C15H13N3/c16-10-12-5-6-13(9-14(12)17)18-8-7-11-3-1-2-4-15(11)18/h1-6,9H,7-8,17H2. The van der Waals surface area contributed by atoms with Crippen LogP contribution in [0.2, 0.25) is 0 Å². The van der Waals surface area contributed by atoms with Crippen molar-refractivity contribution in [3.8, 4) is 6.07 Å². The predicted octanol–water partition coefficient (Wildman–Crippen LogP) is 2.83. The van der Waals surface area contributed by atoms with Crippen LogP contribution in [0, 0.1) is 11.3 Å². The van der Waals surface area contributed by atoms with E-state index in [1.807, 2.05) is 18.2 Å². The topological polar surface area (TPSA) is 53.0 Å². The number of fused-ring (bicyclic) bond motifs is 1. The van der Waals surface area contributed by atoms with Crippen molar-refractivity contribution in [3.05, 3.63) is 53.6 Å². The molecule has 0 aromatic heterocycles. The van der Waals surface area contributed by atoms with Gasteiger partial charge in [-0.2, -0.15) is 5.26 Å². The lowest BCUT2D eigenvalue weighted by molar-refractivity contribution is 0.998. The van der Waals surface area contributed by atoms with E-state index in [2.05, 4.69) is 29.2 Å². The van der Waals surface area contributed by atoms with Crippen molar-refractivity contribution < 1.29 is 0 Å². The molecule has 0 saturated carbocycles. The highest BCUT2D eigenvalue weighted by Crippen LogP contribution is 2.35. The summed E-state index contributed by atoms with van der Waals surface area (Å²) < 4.78 is 0. The van der Waals surface area contributed by atoms with Crippen molar-refractivity contribution in [1.29, 1.82) is 5.26 Å². The highest BCUT2D eigenvalue weighted by Gasteiger charge is 2.19. The van der Waals surface area contributed by atoms with Crippen molar-refractivity contribution in [1.82, 2.24) is 0 Å². The summed E-state index contributed by atoms with van der Waals surface area (Å²) in [7, 11) is 0. The number of anilines is 3. The van der Waals surface area contributed by atoms with Crippen molar-refractivity contribution in [2.24, 2.45) is 0 Å². The normalized spacial score (nSPS) is 13.2. The molecule has 0 aliphatic carbocycles. The molecule has 1 aliphatic rings. The number of nitriles is 1. The summed E-state index contributed by atoms with van der Waals surface area (Å²) in [5, 5.41) is 8.89. The maximum absolute atomic E-state index is 8.89. The minimum atomic E-state index is 0.534. The number of benzene rings is 2. The van der Waals surface area contributed by atoms with Gasteiger partial charge in [0.05, 0.1) is 11.3 Å². The molecule has 0 saturated heterocycles. The molecule has 0 amide bonds. The van der Waals surface area contributed by atoms with Crippen LogP contribution in [0.4, 0.5) is 17.1 Å². The average molecular weight is 235 g/mol. The van der Waals surface area contributed by atoms with Gasteiger partial charge in [-0.25, -0.2) is 0 Å². The van der Waals surface area contributed by atoms with Crippen LogP contribution in [-0.4, -0.2) is 6.54 Å². The summed E-state index contributed by atoms with van der Waals surface area (Å²) in [4.78, 5) is 2.24. The van der Waals surface area contributed by atoms with Crippen molar-refractivity contribution in [2.45, 2.75) is 6.42 Å². The largest absolute Gasteiger partial charge is 0.398 e. The van der Waals surface area contributed by atoms with Crippen molar-refractivity contribution in [3.63, 3.8) is 0 Å². The maximum atomic E-state index is 8.89. The first-order valence-corrected chi connectivity index (χ1v) is 5.94. The van der Waals surface area contributed by atoms with Crippen LogP contribution in [0.5, 0.6) is 0 Å². The summed E-state index contributed by atoms with van der Waals surface area (Å²) in [6.45, 7) is 0.963. The molecule has 3 rings (SSSR count). The molecule has 18 heavy (non-hydrogen) atoms. The molecule has 0 unspecified atom stereocenters. The molecule has 0 bridgehead atoms. The molecule has 2 N–H and O–H groups in total. The van der Waals surface area contributed by atoms with Gasteiger partial charge in [-0.05, 0) is 36.2 Å². The van der Waals surface area contributed by atoms with E-state index in [1.165, 1.54) is 11.3 Å². The summed E-state index contributed by atoms with van der Waals surface area (Å²) in [5.41, 5.74) is 10.6. The fraction of sp³-hybridized carbons (Fsp3) is 0.133. The molecule has 3 heteroatoms. The predicted molar refractivity (Wildman–Crippen MR) is 72.7 cm³/mol. The van der Waals surface area contributed by atoms with Gasteiger partial charge in [0.25, 0.3) is 0 Å². The first kappa shape index (κ1) is 10.7. The number of para-hydroxylation sites is 1. The second-order valence-electron chi connectivity index (χ2n) is 4.41. The Morgan fingerprint density at radius 2 is 2.00 bits per heavy atom. The van der Waals surface area contributed by atoms with Gasteiger partial charge >= 0.3 is 0 Å².